The van der Waals surface area contributed by atoms with E-state index in [4.69, 9.17) is 11.6 Å². The fourth-order valence-corrected chi connectivity index (χ4v) is 2.82. The number of carbonyl (C=O) groups excluding carboxylic acids is 1. The summed E-state index contributed by atoms with van der Waals surface area (Å²) in [5.74, 6) is -0.413. The third-order valence-corrected chi connectivity index (χ3v) is 3.48. The highest BCUT2D eigenvalue weighted by atomic mass is 35.5. The largest absolute Gasteiger partial charge is 0.349 e. The first-order valence-electron chi connectivity index (χ1n) is 5.93. The Kier molecular flexibility index (Phi) is 3.41. The lowest BCUT2D eigenvalue weighted by atomic mass is 9.88. The number of hydrogen-bond donors (Lipinski definition) is 0. The van der Waals surface area contributed by atoms with E-state index in [9.17, 15) is 13.6 Å². The number of hydrogen-bond acceptors (Lipinski definition) is 2. The molecule has 2 rings (SSSR count). The highest BCUT2D eigenvalue weighted by Gasteiger charge is 2.38. The molecule has 0 fully saturated rings. The van der Waals surface area contributed by atoms with E-state index in [-0.39, 0.29) is 11.1 Å². The maximum Gasteiger partial charge on any atom is 0.349 e. The van der Waals surface area contributed by atoms with Crippen LogP contribution in [-0.4, -0.2) is 10.8 Å². The van der Waals surface area contributed by atoms with E-state index in [1.54, 1.807) is 6.92 Å². The van der Waals surface area contributed by atoms with Crippen LogP contribution in [0.1, 0.15) is 52.6 Å². The Morgan fingerprint density at radius 3 is 2.50 bits per heavy atom. The van der Waals surface area contributed by atoms with Gasteiger partial charge in [0.2, 0.25) is 0 Å². The van der Waals surface area contributed by atoms with Crippen LogP contribution in [0.15, 0.2) is 0 Å². The van der Waals surface area contributed by atoms with Crippen LogP contribution in [0.5, 0.6) is 0 Å². The van der Waals surface area contributed by atoms with Crippen LogP contribution in [0.4, 0.5) is 8.78 Å². The van der Waals surface area contributed by atoms with Crippen molar-refractivity contribution in [2.45, 2.75) is 44.9 Å². The van der Waals surface area contributed by atoms with E-state index in [1.165, 1.54) is 6.92 Å². The zero-order valence-corrected chi connectivity index (χ0v) is 11.1. The number of ketones is 1. The molecule has 0 radical (unpaired) electrons. The van der Waals surface area contributed by atoms with E-state index in [1.807, 2.05) is 0 Å². The van der Waals surface area contributed by atoms with Crippen LogP contribution in [0.25, 0.3) is 0 Å². The summed E-state index contributed by atoms with van der Waals surface area (Å²) in [5.41, 5.74) is 1.14. The van der Waals surface area contributed by atoms with Gasteiger partial charge in [0.1, 0.15) is 0 Å². The van der Waals surface area contributed by atoms with Gasteiger partial charge in [-0.25, -0.2) is 0 Å². The van der Waals surface area contributed by atoms with Crippen molar-refractivity contribution in [3.8, 4) is 0 Å². The second-order valence-electron chi connectivity index (χ2n) is 4.63. The van der Waals surface area contributed by atoms with Crippen molar-refractivity contribution in [1.82, 2.24) is 4.98 Å². The van der Waals surface area contributed by atoms with E-state index in [0.29, 0.717) is 29.8 Å². The summed E-state index contributed by atoms with van der Waals surface area (Å²) in [5, 5.41) is -3.52. The third kappa shape index (κ3) is 2.26. The fraction of sp³-hybridized carbons (Fsp3) is 0.538. The van der Waals surface area contributed by atoms with Gasteiger partial charge in [-0.05, 0) is 56.7 Å². The van der Waals surface area contributed by atoms with Gasteiger partial charge in [0.05, 0.1) is 5.56 Å². The maximum absolute atomic E-state index is 13.6. The van der Waals surface area contributed by atoms with Crippen LogP contribution in [0, 0.1) is 6.92 Å². The summed E-state index contributed by atoms with van der Waals surface area (Å²) >= 11 is 5.20. The van der Waals surface area contributed by atoms with E-state index >= 15 is 0 Å². The quantitative estimate of drug-likeness (QED) is 0.607. The molecule has 0 aromatic carbocycles. The van der Waals surface area contributed by atoms with Gasteiger partial charge >= 0.3 is 5.38 Å². The molecular weight excluding hydrogens is 260 g/mol. The summed E-state index contributed by atoms with van der Waals surface area (Å²) in [6.45, 7) is 2.85. The first kappa shape index (κ1) is 13.4. The summed E-state index contributed by atoms with van der Waals surface area (Å²) in [6.07, 6.45) is 2.95. The molecule has 0 aliphatic heterocycles. The fourth-order valence-electron chi connectivity index (χ4n) is 2.62. The number of rotatable bonds is 2. The molecule has 5 heteroatoms. The van der Waals surface area contributed by atoms with Gasteiger partial charge in [-0.1, -0.05) is 0 Å². The number of aromatic nitrogens is 1. The van der Waals surface area contributed by atoms with Crippen LogP contribution < -0.4 is 0 Å². The SMILES string of the molecule is CC(=O)c1c(C)nc2c(c1C(F)(F)Cl)CCCC2. The molecule has 2 nitrogen and oxygen atoms in total. The molecule has 0 unspecified atom stereocenters. The second-order valence-corrected chi connectivity index (χ2v) is 5.11. The number of fused-ring (bicyclic) bond motifs is 1. The topological polar surface area (TPSA) is 30.0 Å². The van der Waals surface area contributed by atoms with E-state index in [0.717, 1.165) is 12.8 Å². The second kappa shape index (κ2) is 4.57. The summed E-state index contributed by atoms with van der Waals surface area (Å²) in [4.78, 5) is 15.9. The minimum atomic E-state index is -3.52. The summed E-state index contributed by atoms with van der Waals surface area (Å²) in [7, 11) is 0. The molecule has 0 bridgehead atoms. The molecule has 1 aromatic rings. The van der Waals surface area contributed by atoms with Crippen molar-refractivity contribution in [2.75, 3.05) is 0 Å². The van der Waals surface area contributed by atoms with Crippen molar-refractivity contribution in [2.24, 2.45) is 0 Å². The zero-order valence-electron chi connectivity index (χ0n) is 10.3. The lowest BCUT2D eigenvalue weighted by Crippen LogP contribution is -2.21. The first-order chi connectivity index (χ1) is 8.32. The predicted octanol–water partition coefficient (Wildman–Crippen LogP) is 3.76. The summed E-state index contributed by atoms with van der Waals surface area (Å²) < 4.78 is 27.3. The van der Waals surface area contributed by atoms with Gasteiger partial charge in [0.25, 0.3) is 0 Å². The molecule has 1 aromatic heterocycles. The van der Waals surface area contributed by atoms with Crippen molar-refractivity contribution >= 4 is 17.4 Å². The number of aryl methyl sites for hydroxylation is 2. The molecule has 1 aliphatic carbocycles. The Hall–Kier alpha value is -1.03. The molecule has 0 spiro atoms. The highest BCUT2D eigenvalue weighted by molar-refractivity contribution is 6.22. The van der Waals surface area contributed by atoms with E-state index < -0.39 is 11.2 Å². The molecule has 1 heterocycles. The normalized spacial score (nSPS) is 15.4. The molecular formula is C13H14ClF2NO. The Labute approximate surface area is 109 Å². The van der Waals surface area contributed by atoms with Crippen molar-refractivity contribution < 1.29 is 13.6 Å². The maximum atomic E-state index is 13.6. The molecule has 18 heavy (non-hydrogen) atoms. The van der Waals surface area contributed by atoms with Crippen LogP contribution in [0.3, 0.4) is 0 Å². The number of pyridine rings is 1. The van der Waals surface area contributed by atoms with Gasteiger partial charge < -0.3 is 0 Å². The monoisotopic (exact) mass is 273 g/mol. The zero-order chi connectivity index (χ0) is 13.5. The Morgan fingerprint density at radius 1 is 1.33 bits per heavy atom. The third-order valence-electron chi connectivity index (χ3n) is 3.29. The van der Waals surface area contributed by atoms with E-state index in [2.05, 4.69) is 4.98 Å². The molecule has 0 saturated heterocycles. The molecule has 1 aliphatic rings. The molecule has 0 atom stereocenters. The molecule has 0 amide bonds. The number of carbonyl (C=O) groups is 1. The Morgan fingerprint density at radius 2 is 1.94 bits per heavy atom. The summed E-state index contributed by atoms with van der Waals surface area (Å²) in [6, 6.07) is 0. The Balaban J connectivity index is 2.78. The minimum absolute atomic E-state index is 0.0179. The van der Waals surface area contributed by atoms with Gasteiger partial charge in [-0.15, -0.1) is 0 Å². The lowest BCUT2D eigenvalue weighted by molar-refractivity contribution is 0.0874. The minimum Gasteiger partial charge on any atom is -0.294 e. The average molecular weight is 274 g/mol. The standard InChI is InChI=1S/C13H14ClF2NO/c1-7-11(8(2)18)12(13(14,15)16)9-5-3-4-6-10(9)17-7/h3-6H2,1-2H3. The van der Waals surface area contributed by atoms with Crippen molar-refractivity contribution in [3.63, 3.8) is 0 Å². The number of halogens is 3. The number of Topliss-reactive ketones (excluding diaryl/α,β-unsaturated/α-hetero) is 1. The number of nitrogens with zero attached hydrogens (tertiary/aromatic N) is 1. The highest BCUT2D eigenvalue weighted by Crippen LogP contribution is 2.41. The molecule has 98 valence electrons. The molecule has 0 N–H and O–H groups in total. The predicted molar refractivity (Wildman–Crippen MR) is 65.4 cm³/mol. The van der Waals surface area contributed by atoms with Crippen molar-refractivity contribution in [1.29, 1.82) is 0 Å². The Bertz CT molecular complexity index is 509. The van der Waals surface area contributed by atoms with Gasteiger partial charge in [-0.3, -0.25) is 9.78 Å². The van der Waals surface area contributed by atoms with Crippen molar-refractivity contribution in [3.05, 3.63) is 28.1 Å². The first-order valence-corrected chi connectivity index (χ1v) is 6.30. The number of alkyl halides is 3. The van der Waals surface area contributed by atoms with Crippen LogP contribution in [0.2, 0.25) is 0 Å². The van der Waals surface area contributed by atoms with Crippen LogP contribution in [-0.2, 0) is 18.2 Å². The average Bonchev–Trinajstić information content (AvgIpc) is 2.25. The lowest BCUT2D eigenvalue weighted by Gasteiger charge is -2.24. The van der Waals surface area contributed by atoms with Gasteiger partial charge in [0.15, 0.2) is 5.78 Å². The smallest absolute Gasteiger partial charge is 0.294 e. The molecule has 0 saturated carbocycles. The van der Waals surface area contributed by atoms with Crippen LogP contribution >= 0.6 is 11.6 Å². The van der Waals surface area contributed by atoms with Gasteiger partial charge in [0, 0.05) is 17.0 Å². The van der Waals surface area contributed by atoms with Gasteiger partial charge in [-0.2, -0.15) is 8.78 Å².